The van der Waals surface area contributed by atoms with Crippen molar-refractivity contribution in [1.82, 2.24) is 15.1 Å². The van der Waals surface area contributed by atoms with Crippen molar-refractivity contribution in [3.8, 4) is 0 Å². The lowest BCUT2D eigenvalue weighted by molar-refractivity contribution is 0.687. The van der Waals surface area contributed by atoms with E-state index in [0.29, 0.717) is 11.7 Å². The minimum atomic E-state index is 0.621. The van der Waals surface area contributed by atoms with Gasteiger partial charge in [-0.15, -0.1) is 0 Å². The molecule has 0 amide bonds. The molecule has 0 aliphatic heterocycles. The Labute approximate surface area is 147 Å². The zero-order chi connectivity index (χ0) is 16.8. The summed E-state index contributed by atoms with van der Waals surface area (Å²) in [5, 5.41) is 11.3. The van der Waals surface area contributed by atoms with Gasteiger partial charge >= 0.3 is 0 Å². The van der Waals surface area contributed by atoms with Crippen LogP contribution in [0.1, 0.15) is 16.7 Å². The van der Waals surface area contributed by atoms with E-state index in [1.165, 1.54) is 16.7 Å². The van der Waals surface area contributed by atoms with E-state index in [9.17, 15) is 0 Å². The number of hydrogen-bond acceptors (Lipinski definition) is 2. The van der Waals surface area contributed by atoms with Gasteiger partial charge in [0.05, 0.1) is 6.54 Å². The third-order valence-corrected chi connectivity index (χ3v) is 3.94. The Hall–Kier alpha value is -2.66. The summed E-state index contributed by atoms with van der Waals surface area (Å²) >= 11 is 5.35. The smallest absolute Gasteiger partial charge is 0.171 e. The predicted octanol–water partition coefficient (Wildman–Crippen LogP) is 3.73. The summed E-state index contributed by atoms with van der Waals surface area (Å²) in [5.74, 6) is 0. The first-order chi connectivity index (χ1) is 11.7. The number of hydrogen-bond donors (Lipinski definition) is 2. The van der Waals surface area contributed by atoms with E-state index in [-0.39, 0.29) is 0 Å². The fraction of sp³-hybridized carbons (Fsp3) is 0.158. The fourth-order valence-corrected chi connectivity index (χ4v) is 2.53. The quantitative estimate of drug-likeness (QED) is 0.697. The highest BCUT2D eigenvalue weighted by molar-refractivity contribution is 7.80. The first-order valence-electron chi connectivity index (χ1n) is 7.86. The maximum atomic E-state index is 5.35. The number of aryl methyl sites for hydroxylation is 1. The van der Waals surface area contributed by atoms with Crippen LogP contribution >= 0.6 is 12.2 Å². The first-order valence-corrected chi connectivity index (χ1v) is 8.27. The van der Waals surface area contributed by atoms with Crippen LogP contribution in [0.2, 0.25) is 0 Å². The van der Waals surface area contributed by atoms with Crippen LogP contribution in [0.4, 0.5) is 5.69 Å². The molecule has 0 bridgehead atoms. The van der Waals surface area contributed by atoms with Gasteiger partial charge in [0.1, 0.15) is 0 Å². The molecule has 4 nitrogen and oxygen atoms in total. The molecule has 1 aromatic heterocycles. The number of nitrogens with one attached hydrogen (secondary N) is 2. The molecule has 0 aliphatic rings. The van der Waals surface area contributed by atoms with Crippen molar-refractivity contribution in [2.24, 2.45) is 0 Å². The molecule has 0 fully saturated rings. The van der Waals surface area contributed by atoms with Crippen molar-refractivity contribution < 1.29 is 0 Å². The highest BCUT2D eigenvalue weighted by Crippen LogP contribution is 2.11. The van der Waals surface area contributed by atoms with Crippen LogP contribution in [0, 0.1) is 6.92 Å². The van der Waals surface area contributed by atoms with Gasteiger partial charge in [-0.2, -0.15) is 5.10 Å². The lowest BCUT2D eigenvalue weighted by atomic mass is 10.1. The van der Waals surface area contributed by atoms with E-state index < -0.39 is 0 Å². The second-order valence-electron chi connectivity index (χ2n) is 5.69. The van der Waals surface area contributed by atoms with Crippen molar-refractivity contribution in [3.05, 3.63) is 83.7 Å². The monoisotopic (exact) mass is 336 g/mol. The van der Waals surface area contributed by atoms with Crippen LogP contribution in [0.5, 0.6) is 0 Å². The van der Waals surface area contributed by atoms with Crippen molar-refractivity contribution >= 4 is 23.0 Å². The second-order valence-corrected chi connectivity index (χ2v) is 6.10. The van der Waals surface area contributed by atoms with Gasteiger partial charge in [-0.1, -0.05) is 42.0 Å². The summed E-state index contributed by atoms with van der Waals surface area (Å²) in [5.41, 5.74) is 4.64. The van der Waals surface area contributed by atoms with E-state index in [1.807, 2.05) is 29.1 Å². The molecule has 0 aliphatic carbocycles. The summed E-state index contributed by atoms with van der Waals surface area (Å²) in [4.78, 5) is 0. The van der Waals surface area contributed by atoms with E-state index in [1.54, 1.807) is 6.20 Å². The van der Waals surface area contributed by atoms with Crippen LogP contribution in [0.15, 0.2) is 67.0 Å². The highest BCUT2D eigenvalue weighted by Gasteiger charge is 2.00. The van der Waals surface area contributed by atoms with Crippen molar-refractivity contribution in [1.29, 1.82) is 0 Å². The van der Waals surface area contributed by atoms with Gasteiger partial charge in [0.25, 0.3) is 0 Å². The molecule has 2 N–H and O–H groups in total. The zero-order valence-corrected chi connectivity index (χ0v) is 14.4. The number of thiocarbonyl (C=S) groups is 1. The molecule has 5 heteroatoms. The molecule has 0 saturated heterocycles. The van der Waals surface area contributed by atoms with Gasteiger partial charge in [0.2, 0.25) is 0 Å². The summed E-state index contributed by atoms with van der Waals surface area (Å²) in [6.07, 6.45) is 3.74. The minimum Gasteiger partial charge on any atom is -0.358 e. The van der Waals surface area contributed by atoms with Crippen LogP contribution in [0.3, 0.4) is 0 Å². The summed E-state index contributed by atoms with van der Waals surface area (Å²) in [6.45, 7) is 3.56. The average molecular weight is 336 g/mol. The molecule has 0 radical (unpaired) electrons. The first kappa shape index (κ1) is 16.2. The van der Waals surface area contributed by atoms with Crippen molar-refractivity contribution in [2.75, 3.05) is 5.32 Å². The molecular formula is C19H20N4S. The molecule has 24 heavy (non-hydrogen) atoms. The van der Waals surface area contributed by atoms with Gasteiger partial charge in [-0.25, -0.2) is 0 Å². The summed E-state index contributed by atoms with van der Waals surface area (Å²) in [6, 6.07) is 18.5. The van der Waals surface area contributed by atoms with E-state index >= 15 is 0 Å². The summed E-state index contributed by atoms with van der Waals surface area (Å²) in [7, 11) is 0. The number of benzene rings is 2. The molecule has 3 aromatic rings. The molecule has 122 valence electrons. The Kier molecular flexibility index (Phi) is 5.23. The molecule has 0 spiro atoms. The third kappa shape index (κ3) is 4.67. The Morgan fingerprint density at radius 1 is 1.04 bits per heavy atom. The summed E-state index contributed by atoms with van der Waals surface area (Å²) < 4.78 is 1.90. The Balaban J connectivity index is 1.49. The largest absolute Gasteiger partial charge is 0.358 e. The highest BCUT2D eigenvalue weighted by atomic mass is 32.1. The van der Waals surface area contributed by atoms with Gasteiger partial charge in [-0.3, -0.25) is 4.68 Å². The van der Waals surface area contributed by atoms with E-state index in [2.05, 4.69) is 59.1 Å². The zero-order valence-electron chi connectivity index (χ0n) is 13.6. The minimum absolute atomic E-state index is 0.621. The molecular weight excluding hydrogens is 316 g/mol. The number of aromatic nitrogens is 2. The number of rotatable bonds is 5. The van der Waals surface area contributed by atoms with E-state index in [0.717, 1.165) is 12.2 Å². The topological polar surface area (TPSA) is 41.9 Å². The standard InChI is InChI=1S/C19H20N4S/c1-15-3-5-16(6-4-15)13-20-19(24)22-18-9-7-17(8-10-18)14-23-12-2-11-21-23/h2-12H,13-14H2,1H3,(H2,20,22,24). The molecule has 3 rings (SSSR count). The molecule has 1 heterocycles. The Bertz CT molecular complexity index is 777. The second kappa shape index (κ2) is 7.75. The molecule has 0 saturated carbocycles. The van der Waals surface area contributed by atoms with Gasteiger partial charge in [0.15, 0.2) is 5.11 Å². The van der Waals surface area contributed by atoms with Crippen LogP contribution < -0.4 is 10.6 Å². The maximum Gasteiger partial charge on any atom is 0.171 e. The molecule has 0 unspecified atom stereocenters. The van der Waals surface area contributed by atoms with Crippen LogP contribution in [-0.4, -0.2) is 14.9 Å². The Morgan fingerprint density at radius 3 is 2.42 bits per heavy atom. The van der Waals surface area contributed by atoms with Crippen LogP contribution in [0.25, 0.3) is 0 Å². The van der Waals surface area contributed by atoms with E-state index in [4.69, 9.17) is 12.2 Å². The normalized spacial score (nSPS) is 10.4. The molecule has 0 atom stereocenters. The van der Waals surface area contributed by atoms with Crippen LogP contribution in [-0.2, 0) is 13.1 Å². The predicted molar refractivity (Wildman–Crippen MR) is 102 cm³/mol. The average Bonchev–Trinajstić information content (AvgIpc) is 3.09. The lowest BCUT2D eigenvalue weighted by Gasteiger charge is -2.11. The van der Waals surface area contributed by atoms with Gasteiger partial charge < -0.3 is 10.6 Å². The van der Waals surface area contributed by atoms with Crippen molar-refractivity contribution in [2.45, 2.75) is 20.0 Å². The van der Waals surface area contributed by atoms with Gasteiger partial charge in [0, 0.05) is 24.6 Å². The molecule has 2 aromatic carbocycles. The lowest BCUT2D eigenvalue weighted by Crippen LogP contribution is -2.27. The Morgan fingerprint density at radius 2 is 1.75 bits per heavy atom. The maximum absolute atomic E-state index is 5.35. The SMILES string of the molecule is Cc1ccc(CNC(=S)Nc2ccc(Cn3cccn3)cc2)cc1. The third-order valence-electron chi connectivity index (χ3n) is 3.69. The fourth-order valence-electron chi connectivity index (χ4n) is 2.34. The van der Waals surface area contributed by atoms with Gasteiger partial charge in [-0.05, 0) is 48.5 Å². The number of anilines is 1. The van der Waals surface area contributed by atoms with Crippen molar-refractivity contribution in [3.63, 3.8) is 0 Å². The number of nitrogens with zero attached hydrogens (tertiary/aromatic N) is 2.